The molecule has 0 aliphatic carbocycles. The Morgan fingerprint density at radius 2 is 2.05 bits per heavy atom. The largest absolute Gasteiger partial charge is 0.458 e. The molecule has 2 aliphatic rings. The maximum Gasteiger partial charge on any atom is 0.303 e. The number of rotatable bonds is 5. The summed E-state index contributed by atoms with van der Waals surface area (Å²) in [5.74, 6) is -1.25. The Hall–Kier alpha value is -1.21. The van der Waals surface area contributed by atoms with Crippen molar-refractivity contribution in [2.75, 3.05) is 0 Å². The van der Waals surface area contributed by atoms with E-state index in [0.717, 1.165) is 0 Å². The molecule has 2 saturated heterocycles. The van der Waals surface area contributed by atoms with Crippen LogP contribution in [0.5, 0.6) is 0 Å². The summed E-state index contributed by atoms with van der Waals surface area (Å²) in [6.45, 7) is 14.1. The van der Waals surface area contributed by atoms with Crippen LogP contribution in [0.1, 0.15) is 34.1 Å². The van der Waals surface area contributed by atoms with Gasteiger partial charge in [0.2, 0.25) is 0 Å². The van der Waals surface area contributed by atoms with Crippen molar-refractivity contribution in [1.82, 2.24) is 0 Å². The lowest BCUT2D eigenvalue weighted by Gasteiger charge is -2.32. The molecule has 6 nitrogen and oxygen atoms in total. The van der Waals surface area contributed by atoms with Gasteiger partial charge in [-0.15, -0.1) is 6.58 Å². The molecule has 6 heteroatoms. The predicted octanol–water partition coefficient (Wildman–Crippen LogP) is 1.68. The SMILES string of the molecule is C=C[C@@]1(O)[C@@H](C[C@H](OC(C)=O)C(=C)C)O[C@@H]2OC(C)(C)O[C@@H]21. The number of hydrogen-bond acceptors (Lipinski definition) is 6. The third-order valence-corrected chi connectivity index (χ3v) is 3.94. The lowest BCUT2D eigenvalue weighted by molar-refractivity contribution is -0.225. The smallest absolute Gasteiger partial charge is 0.303 e. The zero-order valence-electron chi connectivity index (χ0n) is 13.5. The van der Waals surface area contributed by atoms with Crippen LogP contribution < -0.4 is 0 Å². The van der Waals surface area contributed by atoms with E-state index < -0.39 is 42.0 Å². The summed E-state index contributed by atoms with van der Waals surface area (Å²) in [7, 11) is 0. The first-order valence-corrected chi connectivity index (χ1v) is 7.28. The molecule has 0 unspecified atom stereocenters. The molecule has 2 heterocycles. The molecule has 5 atom stereocenters. The molecule has 0 radical (unpaired) electrons. The minimum Gasteiger partial charge on any atom is -0.458 e. The molecule has 2 aliphatic heterocycles. The number of carbonyl (C=O) groups is 1. The summed E-state index contributed by atoms with van der Waals surface area (Å²) < 4.78 is 22.4. The Labute approximate surface area is 130 Å². The summed E-state index contributed by atoms with van der Waals surface area (Å²) in [5.41, 5.74) is -0.754. The summed E-state index contributed by atoms with van der Waals surface area (Å²) >= 11 is 0. The van der Waals surface area contributed by atoms with Crippen LogP contribution in [-0.2, 0) is 23.7 Å². The van der Waals surface area contributed by atoms with Gasteiger partial charge in [0.25, 0.3) is 0 Å². The second-order valence-corrected chi connectivity index (χ2v) is 6.32. The van der Waals surface area contributed by atoms with Gasteiger partial charge in [0.05, 0.1) is 6.10 Å². The van der Waals surface area contributed by atoms with E-state index >= 15 is 0 Å². The number of carbonyl (C=O) groups excluding carboxylic acids is 1. The Kier molecular flexibility index (Phi) is 4.50. The van der Waals surface area contributed by atoms with Crippen molar-refractivity contribution in [3.8, 4) is 0 Å². The first-order chi connectivity index (χ1) is 10.1. The standard InChI is InChI=1S/C16H24O6/c1-7-16(18)12(8-11(9(2)3)19-10(4)17)20-14-13(16)21-15(5,6)22-14/h7,11-14,18H,1-2,8H2,3-6H3/t11-,12+,13-,14+,16+/m0/s1. The number of ether oxygens (including phenoxy) is 4. The highest BCUT2D eigenvalue weighted by molar-refractivity contribution is 5.66. The molecule has 0 bridgehead atoms. The van der Waals surface area contributed by atoms with Gasteiger partial charge in [-0.25, -0.2) is 0 Å². The van der Waals surface area contributed by atoms with Crippen LogP contribution in [0.3, 0.4) is 0 Å². The second kappa shape index (κ2) is 5.77. The molecule has 1 N–H and O–H groups in total. The molecule has 0 spiro atoms. The van der Waals surface area contributed by atoms with Crippen LogP contribution >= 0.6 is 0 Å². The van der Waals surface area contributed by atoms with E-state index in [1.807, 2.05) is 0 Å². The van der Waals surface area contributed by atoms with E-state index in [1.54, 1.807) is 20.8 Å². The first kappa shape index (κ1) is 17.1. The Balaban J connectivity index is 2.17. The lowest BCUT2D eigenvalue weighted by atomic mass is 9.88. The zero-order valence-corrected chi connectivity index (χ0v) is 13.5. The van der Waals surface area contributed by atoms with Gasteiger partial charge in [0.15, 0.2) is 12.1 Å². The number of esters is 1. The van der Waals surface area contributed by atoms with Crippen molar-refractivity contribution < 1.29 is 28.8 Å². The van der Waals surface area contributed by atoms with Gasteiger partial charge in [-0.1, -0.05) is 12.7 Å². The van der Waals surface area contributed by atoms with Gasteiger partial charge >= 0.3 is 5.97 Å². The van der Waals surface area contributed by atoms with Gasteiger partial charge in [-0.3, -0.25) is 4.79 Å². The quantitative estimate of drug-likeness (QED) is 0.615. The molecule has 0 aromatic heterocycles. The zero-order chi connectivity index (χ0) is 16.7. The van der Waals surface area contributed by atoms with Crippen LogP contribution in [0.15, 0.2) is 24.8 Å². The fourth-order valence-corrected chi connectivity index (χ4v) is 2.83. The Morgan fingerprint density at radius 3 is 2.55 bits per heavy atom. The number of aliphatic hydroxyl groups is 1. The van der Waals surface area contributed by atoms with Crippen LogP contribution in [0.4, 0.5) is 0 Å². The molecular formula is C16H24O6. The summed E-state index contributed by atoms with van der Waals surface area (Å²) in [6.07, 6.45) is -0.939. The fraction of sp³-hybridized carbons (Fsp3) is 0.688. The summed E-state index contributed by atoms with van der Waals surface area (Å²) in [4.78, 5) is 11.2. The third-order valence-electron chi connectivity index (χ3n) is 3.94. The monoisotopic (exact) mass is 312 g/mol. The third kappa shape index (κ3) is 3.10. The Bertz CT molecular complexity index is 485. The van der Waals surface area contributed by atoms with Crippen molar-refractivity contribution in [2.24, 2.45) is 0 Å². The molecule has 22 heavy (non-hydrogen) atoms. The lowest BCUT2D eigenvalue weighted by Crippen LogP contribution is -2.48. The highest BCUT2D eigenvalue weighted by atomic mass is 16.8. The van der Waals surface area contributed by atoms with E-state index in [0.29, 0.717) is 5.57 Å². The van der Waals surface area contributed by atoms with E-state index in [4.69, 9.17) is 18.9 Å². The normalized spacial score (nSPS) is 37.4. The van der Waals surface area contributed by atoms with E-state index in [9.17, 15) is 9.90 Å². The number of hydrogen-bond donors (Lipinski definition) is 1. The van der Waals surface area contributed by atoms with E-state index in [2.05, 4.69) is 13.2 Å². The van der Waals surface area contributed by atoms with Crippen molar-refractivity contribution in [2.45, 2.75) is 70.1 Å². The average Bonchev–Trinajstić information content (AvgIpc) is 2.81. The summed E-state index contributed by atoms with van der Waals surface area (Å²) in [6, 6.07) is 0. The van der Waals surface area contributed by atoms with Crippen LogP contribution in [-0.4, -0.2) is 47.1 Å². The predicted molar refractivity (Wildman–Crippen MR) is 78.8 cm³/mol. The van der Waals surface area contributed by atoms with Gasteiger partial charge < -0.3 is 24.1 Å². The molecule has 2 fully saturated rings. The van der Waals surface area contributed by atoms with E-state index in [-0.39, 0.29) is 6.42 Å². The van der Waals surface area contributed by atoms with E-state index in [1.165, 1.54) is 13.0 Å². The topological polar surface area (TPSA) is 74.2 Å². The maximum absolute atomic E-state index is 11.2. The van der Waals surface area contributed by atoms with Crippen LogP contribution in [0, 0.1) is 0 Å². The van der Waals surface area contributed by atoms with Crippen LogP contribution in [0.25, 0.3) is 0 Å². The molecule has 124 valence electrons. The van der Waals surface area contributed by atoms with Gasteiger partial charge in [0.1, 0.15) is 17.8 Å². The second-order valence-electron chi connectivity index (χ2n) is 6.32. The minimum absolute atomic E-state index is 0.248. The van der Waals surface area contributed by atoms with Crippen LogP contribution in [0.2, 0.25) is 0 Å². The highest BCUT2D eigenvalue weighted by Crippen LogP contribution is 2.45. The van der Waals surface area contributed by atoms with Gasteiger partial charge in [-0.2, -0.15) is 0 Å². The molecular weight excluding hydrogens is 288 g/mol. The van der Waals surface area contributed by atoms with Crippen molar-refractivity contribution in [3.05, 3.63) is 24.8 Å². The van der Waals surface area contributed by atoms with Crippen molar-refractivity contribution >= 4 is 5.97 Å². The average molecular weight is 312 g/mol. The molecule has 2 rings (SSSR count). The first-order valence-electron chi connectivity index (χ1n) is 7.28. The number of fused-ring (bicyclic) bond motifs is 1. The highest BCUT2D eigenvalue weighted by Gasteiger charge is 2.62. The molecule has 0 amide bonds. The van der Waals surface area contributed by atoms with Gasteiger partial charge in [0, 0.05) is 13.3 Å². The van der Waals surface area contributed by atoms with Crippen molar-refractivity contribution in [3.63, 3.8) is 0 Å². The molecule has 0 aromatic carbocycles. The fourth-order valence-electron chi connectivity index (χ4n) is 2.83. The summed E-state index contributed by atoms with van der Waals surface area (Å²) in [5, 5.41) is 10.9. The Morgan fingerprint density at radius 1 is 1.41 bits per heavy atom. The molecule has 0 saturated carbocycles. The maximum atomic E-state index is 11.2. The minimum atomic E-state index is -1.42. The van der Waals surface area contributed by atoms with Crippen molar-refractivity contribution in [1.29, 1.82) is 0 Å². The molecule has 0 aromatic rings. The van der Waals surface area contributed by atoms with Gasteiger partial charge in [-0.05, 0) is 26.3 Å².